The molecule has 2 N–H and O–H groups in total. The second-order valence-corrected chi connectivity index (χ2v) is 8.21. The maximum atomic E-state index is 12.6. The summed E-state index contributed by atoms with van der Waals surface area (Å²) in [5.74, 6) is -0.00565. The molecule has 0 atom stereocenters. The average Bonchev–Trinajstić information content (AvgIpc) is 3.23. The third-order valence-electron chi connectivity index (χ3n) is 5.54. The second-order valence-electron chi connectivity index (χ2n) is 8.21. The van der Waals surface area contributed by atoms with Gasteiger partial charge in [-0.05, 0) is 67.3 Å². The van der Waals surface area contributed by atoms with E-state index in [9.17, 15) is 9.59 Å². The number of hydrogen-bond donors (Lipinski definition) is 2. The predicted molar refractivity (Wildman–Crippen MR) is 114 cm³/mol. The number of fused-ring (bicyclic) bond motifs is 1. The van der Waals surface area contributed by atoms with Gasteiger partial charge < -0.3 is 15.1 Å². The van der Waals surface area contributed by atoms with Crippen LogP contribution in [0.2, 0.25) is 0 Å². The van der Waals surface area contributed by atoms with Gasteiger partial charge in [0.05, 0.1) is 11.8 Å². The number of hydrogen-bond acceptors (Lipinski definition) is 4. The van der Waals surface area contributed by atoms with Crippen LogP contribution in [-0.4, -0.2) is 11.7 Å². The predicted octanol–water partition coefficient (Wildman–Crippen LogP) is 5.74. The summed E-state index contributed by atoms with van der Waals surface area (Å²) < 4.78 is 4.96. The van der Waals surface area contributed by atoms with Crippen LogP contribution >= 0.6 is 0 Å². The highest BCUT2D eigenvalue weighted by Gasteiger charge is 2.34. The van der Waals surface area contributed by atoms with Gasteiger partial charge in [0.2, 0.25) is 0 Å². The van der Waals surface area contributed by atoms with Crippen LogP contribution in [0.5, 0.6) is 0 Å². The van der Waals surface area contributed by atoms with Crippen LogP contribution in [0.4, 0.5) is 17.1 Å². The Hall–Kier alpha value is -3.34. The van der Waals surface area contributed by atoms with Crippen molar-refractivity contribution < 1.29 is 14.0 Å². The molecule has 0 saturated heterocycles. The Balaban J connectivity index is 1.55. The van der Waals surface area contributed by atoms with E-state index in [1.807, 2.05) is 51.1 Å². The Morgan fingerprint density at radius 1 is 1.07 bits per heavy atom. The molecular weight excluding hydrogens is 364 g/mol. The van der Waals surface area contributed by atoms with Crippen LogP contribution < -0.4 is 10.6 Å². The van der Waals surface area contributed by atoms with E-state index in [1.54, 1.807) is 6.07 Å². The molecule has 5 nitrogen and oxygen atoms in total. The summed E-state index contributed by atoms with van der Waals surface area (Å²) in [7, 11) is 0. The van der Waals surface area contributed by atoms with E-state index >= 15 is 0 Å². The largest absolute Gasteiger partial charge is 0.472 e. The van der Waals surface area contributed by atoms with Gasteiger partial charge in [-0.25, -0.2) is 0 Å². The van der Waals surface area contributed by atoms with Crippen molar-refractivity contribution in [1.82, 2.24) is 0 Å². The fraction of sp³-hybridized carbons (Fsp3) is 0.250. The highest BCUT2D eigenvalue weighted by molar-refractivity contribution is 6.04. The molecule has 0 spiro atoms. The Bertz CT molecular complexity index is 1080. The number of nitrogens with one attached hydrogen (secondary N) is 2. The summed E-state index contributed by atoms with van der Waals surface area (Å²) in [6, 6.07) is 13.3. The number of anilines is 3. The number of aryl methyl sites for hydroxylation is 2. The Labute approximate surface area is 170 Å². The number of benzene rings is 2. The average molecular weight is 388 g/mol. The molecule has 2 aromatic carbocycles. The monoisotopic (exact) mass is 388 g/mol. The molecule has 0 saturated carbocycles. The minimum atomic E-state index is -0.292. The van der Waals surface area contributed by atoms with Crippen LogP contribution in [0.15, 0.2) is 59.4 Å². The number of amides is 1. The zero-order valence-corrected chi connectivity index (χ0v) is 16.8. The minimum Gasteiger partial charge on any atom is -0.472 e. The zero-order chi connectivity index (χ0) is 20.6. The number of rotatable bonds is 4. The van der Waals surface area contributed by atoms with Gasteiger partial charge in [-0.3, -0.25) is 9.59 Å². The first-order valence-corrected chi connectivity index (χ1v) is 9.72. The molecule has 1 heterocycles. The lowest BCUT2D eigenvalue weighted by atomic mass is 9.73. The molecule has 1 aliphatic rings. The van der Waals surface area contributed by atoms with Crippen molar-refractivity contribution in [3.05, 3.63) is 77.2 Å². The van der Waals surface area contributed by atoms with Crippen LogP contribution in [0.3, 0.4) is 0 Å². The lowest BCUT2D eigenvalue weighted by Gasteiger charge is -2.29. The van der Waals surface area contributed by atoms with Crippen LogP contribution in [0.1, 0.15) is 52.1 Å². The lowest BCUT2D eigenvalue weighted by molar-refractivity contribution is 0.0811. The van der Waals surface area contributed by atoms with Crippen LogP contribution in [0.25, 0.3) is 0 Å². The highest BCUT2D eigenvalue weighted by Crippen LogP contribution is 2.36. The molecule has 4 rings (SSSR count). The van der Waals surface area contributed by atoms with Crippen molar-refractivity contribution in [3.63, 3.8) is 0 Å². The van der Waals surface area contributed by atoms with Gasteiger partial charge in [-0.15, -0.1) is 0 Å². The molecule has 29 heavy (non-hydrogen) atoms. The standard InChI is InChI=1S/C24H24N2O3/c1-15-4-5-19(26-23(28)17-9-11-29-14-17)13-21(15)25-18-6-7-20-16(12-18)8-10-24(2,3)22(20)27/h4-7,9,11-14,25H,8,10H2,1-3H3,(H,26,28). The van der Waals surface area contributed by atoms with Crippen molar-refractivity contribution in [2.75, 3.05) is 10.6 Å². The number of Topliss-reactive ketones (excluding diaryl/α,β-unsaturated/α-hetero) is 1. The van der Waals surface area contributed by atoms with Crippen LogP contribution in [0, 0.1) is 12.3 Å². The fourth-order valence-electron chi connectivity index (χ4n) is 3.61. The first-order chi connectivity index (χ1) is 13.8. The Morgan fingerprint density at radius 3 is 2.62 bits per heavy atom. The molecule has 1 aliphatic carbocycles. The maximum absolute atomic E-state index is 12.6. The van der Waals surface area contributed by atoms with Crippen molar-refractivity contribution >= 4 is 28.8 Å². The molecule has 148 valence electrons. The van der Waals surface area contributed by atoms with E-state index in [0.29, 0.717) is 11.3 Å². The van der Waals surface area contributed by atoms with Gasteiger partial charge in [0.25, 0.3) is 5.91 Å². The van der Waals surface area contributed by atoms with E-state index in [-0.39, 0.29) is 17.1 Å². The summed E-state index contributed by atoms with van der Waals surface area (Å²) in [5.41, 5.74) is 5.67. The van der Waals surface area contributed by atoms with Crippen LogP contribution in [-0.2, 0) is 6.42 Å². The van der Waals surface area contributed by atoms with Gasteiger partial charge >= 0.3 is 0 Å². The summed E-state index contributed by atoms with van der Waals surface area (Å²) in [6.45, 7) is 6.03. The molecule has 1 aromatic heterocycles. The topological polar surface area (TPSA) is 71.3 Å². The van der Waals surface area contributed by atoms with E-state index in [0.717, 1.165) is 40.9 Å². The summed E-state index contributed by atoms with van der Waals surface area (Å²) in [6.07, 6.45) is 4.64. The number of ketones is 1. The highest BCUT2D eigenvalue weighted by atomic mass is 16.3. The van der Waals surface area contributed by atoms with E-state index in [2.05, 4.69) is 16.7 Å². The molecule has 0 unspecified atom stereocenters. The summed E-state index contributed by atoms with van der Waals surface area (Å²) in [4.78, 5) is 24.9. The molecular formula is C24H24N2O3. The lowest BCUT2D eigenvalue weighted by Crippen LogP contribution is -2.30. The molecule has 0 fully saturated rings. The first kappa shape index (κ1) is 19.0. The summed E-state index contributed by atoms with van der Waals surface area (Å²) >= 11 is 0. The van der Waals surface area contributed by atoms with Crippen molar-refractivity contribution in [2.24, 2.45) is 5.41 Å². The SMILES string of the molecule is Cc1ccc(NC(=O)c2ccoc2)cc1Nc1ccc2c(c1)CCC(C)(C)C2=O. The van der Waals surface area contributed by atoms with E-state index in [4.69, 9.17) is 4.42 Å². The van der Waals surface area contributed by atoms with Gasteiger partial charge in [0.15, 0.2) is 5.78 Å². The number of furan rings is 1. The minimum absolute atomic E-state index is 0.213. The van der Waals surface area contributed by atoms with E-state index < -0.39 is 0 Å². The fourth-order valence-corrected chi connectivity index (χ4v) is 3.61. The summed E-state index contributed by atoms with van der Waals surface area (Å²) in [5, 5.41) is 6.30. The van der Waals surface area contributed by atoms with Crippen molar-refractivity contribution in [2.45, 2.75) is 33.6 Å². The number of carbonyl (C=O) groups is 2. The number of carbonyl (C=O) groups excluding carboxylic acids is 2. The van der Waals surface area contributed by atoms with Crippen molar-refractivity contribution in [3.8, 4) is 0 Å². The second kappa shape index (κ2) is 7.24. The van der Waals surface area contributed by atoms with Gasteiger partial charge in [-0.1, -0.05) is 19.9 Å². The zero-order valence-electron chi connectivity index (χ0n) is 16.8. The molecule has 0 bridgehead atoms. The Kier molecular flexibility index (Phi) is 4.74. The van der Waals surface area contributed by atoms with Gasteiger partial charge in [0.1, 0.15) is 6.26 Å². The van der Waals surface area contributed by atoms with Gasteiger partial charge in [-0.2, -0.15) is 0 Å². The third-order valence-corrected chi connectivity index (χ3v) is 5.54. The van der Waals surface area contributed by atoms with Gasteiger partial charge in [0, 0.05) is 28.0 Å². The quantitative estimate of drug-likeness (QED) is 0.598. The molecule has 1 amide bonds. The smallest absolute Gasteiger partial charge is 0.258 e. The maximum Gasteiger partial charge on any atom is 0.258 e. The Morgan fingerprint density at radius 2 is 1.86 bits per heavy atom. The molecule has 3 aromatic rings. The van der Waals surface area contributed by atoms with Crippen molar-refractivity contribution in [1.29, 1.82) is 0 Å². The third kappa shape index (κ3) is 3.81. The first-order valence-electron chi connectivity index (χ1n) is 9.72. The molecule has 5 heteroatoms. The molecule has 0 aliphatic heterocycles. The molecule has 0 radical (unpaired) electrons. The van der Waals surface area contributed by atoms with E-state index in [1.165, 1.54) is 12.5 Å². The normalized spacial score (nSPS) is 14.9.